The molecule has 0 N–H and O–H groups in total. The Balaban J connectivity index is 1.27. The summed E-state index contributed by atoms with van der Waals surface area (Å²) in [6.07, 6.45) is 0. The van der Waals surface area contributed by atoms with Crippen molar-refractivity contribution in [2.75, 3.05) is 0 Å². The van der Waals surface area contributed by atoms with Gasteiger partial charge in [-0.1, -0.05) is 147 Å². The molecule has 0 heterocycles. The number of hydrogen-bond donors (Lipinski definition) is 0. The number of benzene rings is 10. The zero-order valence-electron chi connectivity index (χ0n) is 34.0. The van der Waals surface area contributed by atoms with E-state index in [2.05, 4.69) is 186 Å². The highest BCUT2D eigenvalue weighted by atomic mass is 32.2. The molecule has 11 aromatic rings. The molecule has 60 heavy (non-hydrogen) atoms. The van der Waals surface area contributed by atoms with E-state index < -0.39 is 0 Å². The Morgan fingerprint density at radius 1 is 0.217 bits per heavy atom. The van der Waals surface area contributed by atoms with Crippen LogP contribution in [0.1, 0.15) is 27.8 Å². The third kappa shape index (κ3) is 6.89. The lowest BCUT2D eigenvalue weighted by Gasteiger charge is -2.16. The topological polar surface area (TPSA) is 0 Å². The van der Waals surface area contributed by atoms with Crippen molar-refractivity contribution >= 4 is 113 Å². The normalized spacial score (nSPS) is 12.1. The predicted octanol–water partition coefficient (Wildman–Crippen LogP) is 18.1. The van der Waals surface area contributed by atoms with Crippen molar-refractivity contribution in [1.29, 1.82) is 0 Å². The van der Waals surface area contributed by atoms with Crippen LogP contribution in [0.5, 0.6) is 0 Å². The first-order chi connectivity index (χ1) is 29.2. The van der Waals surface area contributed by atoms with Crippen LogP contribution in [-0.2, 0) is 0 Å². The van der Waals surface area contributed by atoms with Gasteiger partial charge in [0.2, 0.25) is 0 Å². The molecule has 0 amide bonds. The summed E-state index contributed by atoms with van der Waals surface area (Å²) in [5.41, 5.74) is 6.38. The van der Waals surface area contributed by atoms with Crippen molar-refractivity contribution < 1.29 is 0 Å². The molecule has 0 aliphatic carbocycles. The van der Waals surface area contributed by atoms with Crippen LogP contribution in [0.15, 0.2) is 201 Å². The molecule has 0 nitrogen and oxygen atoms in total. The SMILES string of the molecule is Cc1ccc(Sc2cc3c(Sc4ccc(C)cc4)cc4c(Sc5ccc(C)cc5)cc5c(Sc6ccc(C)cc6)cc6c(Sc7ccc(C)cc7)cc2c2c6c5c4c32)cc1. The molecule has 0 atom stereocenters. The quantitative estimate of drug-likeness (QED) is 0.125. The van der Waals surface area contributed by atoms with E-state index >= 15 is 0 Å². The molecule has 0 spiro atoms. The summed E-state index contributed by atoms with van der Waals surface area (Å²) >= 11 is 9.48. The van der Waals surface area contributed by atoms with Crippen LogP contribution in [0.3, 0.4) is 0 Å². The van der Waals surface area contributed by atoms with Gasteiger partial charge in [0, 0.05) is 49.0 Å². The van der Waals surface area contributed by atoms with Gasteiger partial charge in [-0.2, -0.15) is 0 Å². The molecule has 0 radical (unpaired) electrons. The van der Waals surface area contributed by atoms with Gasteiger partial charge in [0.05, 0.1) is 0 Å². The van der Waals surface area contributed by atoms with Crippen LogP contribution < -0.4 is 0 Å². The summed E-state index contributed by atoms with van der Waals surface area (Å²) < 4.78 is 0. The van der Waals surface area contributed by atoms with Crippen LogP contribution in [0.2, 0.25) is 0 Å². The van der Waals surface area contributed by atoms with E-state index in [0.29, 0.717) is 0 Å². The highest BCUT2D eigenvalue weighted by Crippen LogP contribution is 2.58. The minimum Gasteiger partial charge on any atom is -0.0894 e. The Labute approximate surface area is 373 Å². The third-order valence-corrected chi connectivity index (χ3v) is 16.9. The Bertz CT molecular complexity index is 2780. The molecule has 0 saturated carbocycles. The summed E-state index contributed by atoms with van der Waals surface area (Å²) in [6, 6.07) is 57.7. The largest absolute Gasteiger partial charge is 0.0894 e. The van der Waals surface area contributed by atoms with Gasteiger partial charge in [0.1, 0.15) is 0 Å². The van der Waals surface area contributed by atoms with E-state index in [1.807, 2.05) is 58.8 Å². The van der Waals surface area contributed by atoms with Gasteiger partial charge in [-0.05, 0) is 179 Å². The number of rotatable bonds is 10. The zero-order valence-corrected chi connectivity index (χ0v) is 38.1. The molecule has 290 valence electrons. The average molecular weight is 861 g/mol. The standard InChI is InChI=1S/C55H40S5/c1-31-6-16-36(17-7-31)56-46-26-42-48(58-38-20-10-33(3)11-21-38)28-44-50(60-40-24-14-35(5)15-25-40)30-45-49(59-39-22-12-34(4)13-23-39)29-43-47(57-37-18-8-32(2)9-19-37)27-41(46)51-52(42)54(44)55(45)53(43)51/h6-30H,1-5H3. The molecule has 0 fully saturated rings. The summed E-state index contributed by atoms with van der Waals surface area (Å²) in [5.74, 6) is 0. The van der Waals surface area contributed by atoms with Crippen molar-refractivity contribution in [3.8, 4) is 0 Å². The first kappa shape index (κ1) is 38.2. The smallest absolute Gasteiger partial charge is 0.0208 e. The maximum Gasteiger partial charge on any atom is 0.0208 e. The minimum atomic E-state index is 1.26. The molecule has 0 saturated heterocycles. The first-order valence-corrected chi connectivity index (χ1v) is 24.4. The van der Waals surface area contributed by atoms with Crippen molar-refractivity contribution in [1.82, 2.24) is 0 Å². The van der Waals surface area contributed by atoms with Crippen molar-refractivity contribution in [3.05, 3.63) is 179 Å². The van der Waals surface area contributed by atoms with Crippen molar-refractivity contribution in [2.24, 2.45) is 0 Å². The summed E-state index contributed by atoms with van der Waals surface area (Å²) in [6.45, 7) is 10.8. The average Bonchev–Trinajstić information content (AvgIpc) is 3.61. The molecule has 0 aromatic heterocycles. The van der Waals surface area contributed by atoms with E-state index in [1.54, 1.807) is 0 Å². The fourth-order valence-electron chi connectivity index (χ4n) is 8.44. The van der Waals surface area contributed by atoms with Gasteiger partial charge in [-0.15, -0.1) is 0 Å². The molecule has 0 aliphatic heterocycles. The van der Waals surface area contributed by atoms with Gasteiger partial charge in [-0.3, -0.25) is 0 Å². The monoisotopic (exact) mass is 860 g/mol. The Morgan fingerprint density at radius 3 is 0.517 bits per heavy atom. The van der Waals surface area contributed by atoms with E-state index in [0.717, 1.165) is 0 Å². The van der Waals surface area contributed by atoms with Gasteiger partial charge in [0.15, 0.2) is 0 Å². The third-order valence-electron chi connectivity index (χ3n) is 11.5. The molecular formula is C55H40S5. The second-order valence-corrected chi connectivity index (χ2v) is 21.6. The minimum absolute atomic E-state index is 1.26. The van der Waals surface area contributed by atoms with Crippen LogP contribution in [0.25, 0.3) is 53.9 Å². The second kappa shape index (κ2) is 15.3. The number of hydrogen-bond acceptors (Lipinski definition) is 5. The highest BCUT2D eigenvalue weighted by molar-refractivity contribution is 8.01. The molecule has 0 aliphatic rings. The van der Waals surface area contributed by atoms with Gasteiger partial charge < -0.3 is 0 Å². The van der Waals surface area contributed by atoms with Gasteiger partial charge >= 0.3 is 0 Å². The molecule has 0 unspecified atom stereocenters. The molecule has 11 aromatic carbocycles. The highest BCUT2D eigenvalue weighted by Gasteiger charge is 2.29. The predicted molar refractivity (Wildman–Crippen MR) is 264 cm³/mol. The molecule has 11 rings (SSSR count). The lowest BCUT2D eigenvalue weighted by Crippen LogP contribution is -1.88. The van der Waals surface area contributed by atoms with E-state index in [9.17, 15) is 0 Å². The van der Waals surface area contributed by atoms with Gasteiger partial charge in [0.25, 0.3) is 0 Å². The van der Waals surface area contributed by atoms with E-state index in [-0.39, 0.29) is 0 Å². The first-order valence-electron chi connectivity index (χ1n) is 20.3. The second-order valence-electron chi connectivity index (χ2n) is 16.1. The number of aryl methyl sites for hydroxylation is 5. The summed E-state index contributed by atoms with van der Waals surface area (Å²) in [5, 5.41) is 13.6. The fraction of sp³-hybridized carbons (Fsp3) is 0.0909. The van der Waals surface area contributed by atoms with Crippen LogP contribution in [-0.4, -0.2) is 0 Å². The lowest BCUT2D eigenvalue weighted by molar-refractivity contribution is 1.36. The van der Waals surface area contributed by atoms with Crippen LogP contribution in [0, 0.1) is 34.6 Å². The summed E-state index contributed by atoms with van der Waals surface area (Å²) in [7, 11) is 0. The fourth-order valence-corrected chi connectivity index (χ4v) is 13.3. The maximum atomic E-state index is 2.52. The van der Waals surface area contributed by atoms with Crippen molar-refractivity contribution in [2.45, 2.75) is 83.6 Å². The van der Waals surface area contributed by atoms with Crippen LogP contribution >= 0.6 is 58.8 Å². The Kier molecular flexibility index (Phi) is 9.74. The van der Waals surface area contributed by atoms with Crippen LogP contribution in [0.4, 0.5) is 0 Å². The lowest BCUT2D eigenvalue weighted by atomic mass is 9.99. The molecular weight excluding hydrogens is 821 g/mol. The van der Waals surface area contributed by atoms with Crippen molar-refractivity contribution in [3.63, 3.8) is 0 Å². The van der Waals surface area contributed by atoms with E-state index in [4.69, 9.17) is 0 Å². The maximum absolute atomic E-state index is 2.52. The molecule has 0 bridgehead atoms. The Morgan fingerprint density at radius 2 is 0.367 bits per heavy atom. The summed E-state index contributed by atoms with van der Waals surface area (Å²) in [4.78, 5) is 12.8. The van der Waals surface area contributed by atoms with E-state index in [1.165, 1.54) is 131 Å². The Hall–Kier alpha value is -4.75. The zero-order chi connectivity index (χ0) is 40.6. The van der Waals surface area contributed by atoms with Gasteiger partial charge in [-0.25, -0.2) is 0 Å². The molecule has 5 heteroatoms.